The van der Waals surface area contributed by atoms with Gasteiger partial charge in [-0.2, -0.15) is 0 Å². The number of aromatic nitrogens is 3. The second kappa shape index (κ2) is 6.05. The van der Waals surface area contributed by atoms with Gasteiger partial charge >= 0.3 is 5.97 Å². The lowest BCUT2D eigenvalue weighted by Crippen LogP contribution is -2.12. The molecule has 17 heavy (non-hydrogen) atoms. The van der Waals surface area contributed by atoms with Gasteiger partial charge < -0.3 is 9.67 Å². The number of carboxylic acid groups (broad SMARTS) is 1. The third-order valence-corrected chi connectivity index (χ3v) is 3.49. The summed E-state index contributed by atoms with van der Waals surface area (Å²) in [6.45, 7) is 8.32. The Hall–Kier alpha value is -1.04. The molecule has 0 radical (unpaired) electrons. The first-order valence-electron chi connectivity index (χ1n) is 5.76. The molecule has 0 saturated heterocycles. The summed E-state index contributed by atoms with van der Waals surface area (Å²) >= 11 is 1.23. The van der Waals surface area contributed by atoms with Crippen LogP contribution in [0.1, 0.15) is 51.9 Å². The standard InChI is InChI=1S/C11H19N3O2S/c1-5-8(4)14-10(7(2)3)12-13-11(14)17-6-9(15)16/h7-8H,5-6H2,1-4H3,(H,15,16). The average Bonchev–Trinajstić information content (AvgIpc) is 2.68. The summed E-state index contributed by atoms with van der Waals surface area (Å²) in [4.78, 5) is 10.6. The van der Waals surface area contributed by atoms with Crippen LogP contribution >= 0.6 is 11.8 Å². The van der Waals surface area contributed by atoms with Crippen LogP contribution in [0.25, 0.3) is 0 Å². The lowest BCUT2D eigenvalue weighted by atomic mass is 10.2. The summed E-state index contributed by atoms with van der Waals surface area (Å²) in [7, 11) is 0. The van der Waals surface area contributed by atoms with Gasteiger partial charge in [0.2, 0.25) is 0 Å². The quantitative estimate of drug-likeness (QED) is 0.793. The smallest absolute Gasteiger partial charge is 0.313 e. The van der Waals surface area contributed by atoms with Crippen LogP contribution in [0.4, 0.5) is 0 Å². The summed E-state index contributed by atoms with van der Waals surface area (Å²) in [5, 5.41) is 17.7. The van der Waals surface area contributed by atoms with Gasteiger partial charge in [0.15, 0.2) is 5.16 Å². The van der Waals surface area contributed by atoms with Crippen molar-refractivity contribution in [3.05, 3.63) is 5.82 Å². The SMILES string of the molecule is CCC(C)n1c(SCC(=O)O)nnc1C(C)C. The minimum Gasteiger partial charge on any atom is -0.481 e. The molecule has 1 atom stereocenters. The molecular weight excluding hydrogens is 238 g/mol. The van der Waals surface area contributed by atoms with Gasteiger partial charge in [-0.3, -0.25) is 4.79 Å². The lowest BCUT2D eigenvalue weighted by molar-refractivity contribution is -0.133. The molecule has 5 nitrogen and oxygen atoms in total. The van der Waals surface area contributed by atoms with E-state index in [1.54, 1.807) is 0 Å². The Labute approximate surface area is 106 Å². The molecule has 0 aromatic carbocycles. The van der Waals surface area contributed by atoms with E-state index >= 15 is 0 Å². The number of carbonyl (C=O) groups is 1. The maximum absolute atomic E-state index is 10.6. The summed E-state index contributed by atoms with van der Waals surface area (Å²) in [6, 6.07) is 0.290. The Morgan fingerprint density at radius 1 is 1.41 bits per heavy atom. The maximum atomic E-state index is 10.6. The lowest BCUT2D eigenvalue weighted by Gasteiger charge is -2.17. The third-order valence-electron chi connectivity index (χ3n) is 2.56. The molecule has 0 aliphatic carbocycles. The number of hydrogen-bond acceptors (Lipinski definition) is 4. The highest BCUT2D eigenvalue weighted by Crippen LogP contribution is 2.26. The van der Waals surface area contributed by atoms with Crippen molar-refractivity contribution >= 4 is 17.7 Å². The van der Waals surface area contributed by atoms with Crippen LogP contribution in [0.5, 0.6) is 0 Å². The zero-order valence-corrected chi connectivity index (χ0v) is 11.5. The van der Waals surface area contributed by atoms with Crippen molar-refractivity contribution in [3.63, 3.8) is 0 Å². The highest BCUT2D eigenvalue weighted by atomic mass is 32.2. The van der Waals surface area contributed by atoms with Crippen LogP contribution in [0, 0.1) is 0 Å². The van der Waals surface area contributed by atoms with Crippen molar-refractivity contribution in [3.8, 4) is 0 Å². The van der Waals surface area contributed by atoms with Gasteiger partial charge in [0, 0.05) is 12.0 Å². The summed E-state index contributed by atoms with van der Waals surface area (Å²) in [5.74, 6) is 0.398. The highest BCUT2D eigenvalue weighted by molar-refractivity contribution is 7.99. The molecule has 0 bridgehead atoms. The zero-order chi connectivity index (χ0) is 13.0. The van der Waals surface area contributed by atoms with Gasteiger partial charge in [0.1, 0.15) is 5.82 Å². The van der Waals surface area contributed by atoms with Gasteiger partial charge in [-0.1, -0.05) is 32.5 Å². The minimum atomic E-state index is -0.834. The molecule has 1 rings (SSSR count). The van der Waals surface area contributed by atoms with Crippen molar-refractivity contribution < 1.29 is 9.90 Å². The normalized spacial score (nSPS) is 13.0. The third kappa shape index (κ3) is 3.46. The Bertz CT molecular complexity index is 390. The van der Waals surface area contributed by atoms with Crippen LogP contribution in [0.15, 0.2) is 5.16 Å². The molecule has 0 aliphatic heterocycles. The summed E-state index contributed by atoms with van der Waals surface area (Å²) in [5.41, 5.74) is 0. The molecule has 6 heteroatoms. The molecule has 0 aliphatic rings. The highest BCUT2D eigenvalue weighted by Gasteiger charge is 2.19. The van der Waals surface area contributed by atoms with E-state index in [0.29, 0.717) is 11.2 Å². The monoisotopic (exact) mass is 257 g/mol. The molecule has 96 valence electrons. The predicted octanol–water partition coefficient (Wildman–Crippen LogP) is 2.55. The molecule has 0 amide bonds. The number of hydrogen-bond donors (Lipinski definition) is 1. The van der Waals surface area contributed by atoms with E-state index in [0.717, 1.165) is 12.2 Å². The zero-order valence-electron chi connectivity index (χ0n) is 10.7. The molecule has 1 N–H and O–H groups in total. The van der Waals surface area contributed by atoms with Gasteiger partial charge in [0.05, 0.1) is 5.75 Å². The molecule has 1 aromatic rings. The Balaban J connectivity index is 3.00. The average molecular weight is 257 g/mol. The Morgan fingerprint density at radius 3 is 2.53 bits per heavy atom. The second-order valence-corrected chi connectivity index (χ2v) is 5.25. The number of nitrogens with zero attached hydrogens (tertiary/aromatic N) is 3. The summed E-state index contributed by atoms with van der Waals surface area (Å²) < 4.78 is 2.05. The van der Waals surface area contributed by atoms with Crippen molar-refractivity contribution in [2.24, 2.45) is 0 Å². The van der Waals surface area contributed by atoms with Crippen molar-refractivity contribution in [2.75, 3.05) is 5.75 Å². The summed E-state index contributed by atoms with van der Waals surface area (Å²) in [6.07, 6.45) is 0.971. The molecule has 1 unspecified atom stereocenters. The van der Waals surface area contributed by atoms with Crippen molar-refractivity contribution in [2.45, 2.75) is 51.2 Å². The Kier molecular flexibility index (Phi) is 4.99. The largest absolute Gasteiger partial charge is 0.481 e. The second-order valence-electron chi connectivity index (χ2n) is 4.31. The van der Waals surface area contributed by atoms with E-state index in [-0.39, 0.29) is 11.7 Å². The number of thioether (sulfide) groups is 1. The van der Waals surface area contributed by atoms with E-state index in [9.17, 15) is 4.79 Å². The van der Waals surface area contributed by atoms with Gasteiger partial charge in [-0.05, 0) is 13.3 Å². The first kappa shape index (κ1) is 14.0. The first-order chi connectivity index (χ1) is 7.97. The molecular formula is C11H19N3O2S. The van der Waals surface area contributed by atoms with Crippen LogP contribution < -0.4 is 0 Å². The molecule has 0 spiro atoms. The number of carboxylic acids is 1. The fraction of sp³-hybridized carbons (Fsp3) is 0.727. The van der Waals surface area contributed by atoms with Crippen LogP contribution in [-0.4, -0.2) is 31.6 Å². The molecule has 1 heterocycles. The van der Waals surface area contributed by atoms with E-state index in [1.165, 1.54) is 11.8 Å². The Morgan fingerprint density at radius 2 is 2.06 bits per heavy atom. The van der Waals surface area contributed by atoms with Gasteiger partial charge in [-0.15, -0.1) is 10.2 Å². The minimum absolute atomic E-state index is 0.0205. The van der Waals surface area contributed by atoms with Crippen molar-refractivity contribution in [1.82, 2.24) is 14.8 Å². The van der Waals surface area contributed by atoms with Crippen LogP contribution in [-0.2, 0) is 4.79 Å². The molecule has 0 fully saturated rings. The molecule has 1 aromatic heterocycles. The van der Waals surface area contributed by atoms with E-state index in [2.05, 4.69) is 42.5 Å². The van der Waals surface area contributed by atoms with Crippen LogP contribution in [0.3, 0.4) is 0 Å². The number of aliphatic carboxylic acids is 1. The first-order valence-corrected chi connectivity index (χ1v) is 6.75. The topological polar surface area (TPSA) is 68.0 Å². The van der Waals surface area contributed by atoms with E-state index in [4.69, 9.17) is 5.11 Å². The van der Waals surface area contributed by atoms with E-state index in [1.807, 2.05) is 0 Å². The van der Waals surface area contributed by atoms with Crippen molar-refractivity contribution in [1.29, 1.82) is 0 Å². The van der Waals surface area contributed by atoms with E-state index < -0.39 is 5.97 Å². The predicted molar refractivity (Wildman–Crippen MR) is 67.5 cm³/mol. The fourth-order valence-corrected chi connectivity index (χ4v) is 2.27. The fourth-order valence-electron chi connectivity index (χ4n) is 1.50. The molecule has 0 saturated carbocycles. The maximum Gasteiger partial charge on any atom is 0.313 e. The van der Waals surface area contributed by atoms with Gasteiger partial charge in [-0.25, -0.2) is 0 Å². The van der Waals surface area contributed by atoms with Crippen LogP contribution in [0.2, 0.25) is 0 Å². The van der Waals surface area contributed by atoms with Gasteiger partial charge in [0.25, 0.3) is 0 Å². The number of rotatable bonds is 6.